The van der Waals surface area contributed by atoms with Gasteiger partial charge in [-0.05, 0) is 50.2 Å². The molecule has 0 radical (unpaired) electrons. The number of aryl methyl sites for hydroxylation is 1. The Morgan fingerprint density at radius 2 is 1.83 bits per heavy atom. The van der Waals surface area contributed by atoms with E-state index in [4.69, 9.17) is 16.7 Å². The minimum atomic E-state index is -1.07. The first-order chi connectivity index (χ1) is 13.9. The molecule has 3 rings (SSSR count). The number of aromatic carboxylic acids is 1. The molecule has 7 nitrogen and oxygen atoms in total. The number of urea groups is 1. The molecule has 29 heavy (non-hydrogen) atoms. The standard InChI is InChI=1S/C21H19ClN4O3/c1-13-10-15(12-23-25-21(29)24-16-6-4-3-5-7-16)14(2)26(13)17-8-9-18(20(27)28)19(22)11-17/h3-12H,1-2H3,(H,27,28)(H2,24,25,29)/b23-12+. The summed E-state index contributed by atoms with van der Waals surface area (Å²) < 4.78 is 1.93. The number of carbonyl (C=O) groups excluding carboxylic acids is 1. The summed E-state index contributed by atoms with van der Waals surface area (Å²) >= 11 is 6.10. The molecular weight excluding hydrogens is 392 g/mol. The third-order valence-corrected chi connectivity index (χ3v) is 4.63. The van der Waals surface area contributed by atoms with E-state index >= 15 is 0 Å². The molecule has 0 spiro atoms. The number of carboxylic acid groups (broad SMARTS) is 1. The fourth-order valence-corrected chi connectivity index (χ4v) is 3.23. The van der Waals surface area contributed by atoms with Gasteiger partial charge in [-0.25, -0.2) is 15.0 Å². The predicted octanol–water partition coefficient (Wildman–Crippen LogP) is 4.60. The summed E-state index contributed by atoms with van der Waals surface area (Å²) in [6.07, 6.45) is 1.55. The van der Waals surface area contributed by atoms with Crippen LogP contribution in [0.25, 0.3) is 5.69 Å². The number of benzene rings is 2. The highest BCUT2D eigenvalue weighted by molar-refractivity contribution is 6.33. The Morgan fingerprint density at radius 1 is 1.10 bits per heavy atom. The molecule has 1 heterocycles. The maximum atomic E-state index is 11.9. The summed E-state index contributed by atoms with van der Waals surface area (Å²) in [5, 5.41) is 16.0. The lowest BCUT2D eigenvalue weighted by atomic mass is 10.2. The summed E-state index contributed by atoms with van der Waals surface area (Å²) in [6.45, 7) is 3.82. The molecule has 0 bridgehead atoms. The third-order valence-electron chi connectivity index (χ3n) is 4.31. The molecule has 0 fully saturated rings. The molecular formula is C21H19ClN4O3. The summed E-state index contributed by atoms with van der Waals surface area (Å²) in [5.74, 6) is -1.07. The molecule has 1 aromatic heterocycles. The van der Waals surface area contributed by atoms with E-state index in [2.05, 4.69) is 15.8 Å². The van der Waals surface area contributed by atoms with Crippen molar-refractivity contribution in [3.05, 3.63) is 82.1 Å². The molecule has 3 aromatic rings. The SMILES string of the molecule is Cc1cc(/C=N/NC(=O)Nc2ccccc2)c(C)n1-c1ccc(C(=O)O)c(Cl)c1. The average Bonchev–Trinajstić information content (AvgIpc) is 2.95. The lowest BCUT2D eigenvalue weighted by Crippen LogP contribution is -2.24. The topological polar surface area (TPSA) is 95.7 Å². The summed E-state index contributed by atoms with van der Waals surface area (Å²) in [6, 6.07) is 15.3. The van der Waals surface area contributed by atoms with Gasteiger partial charge in [-0.15, -0.1) is 0 Å². The Hall–Kier alpha value is -3.58. The van der Waals surface area contributed by atoms with Crippen LogP contribution < -0.4 is 10.7 Å². The second-order valence-corrected chi connectivity index (χ2v) is 6.73. The minimum absolute atomic E-state index is 0.0493. The van der Waals surface area contributed by atoms with Crippen LogP contribution in [0.2, 0.25) is 5.02 Å². The first kappa shape index (κ1) is 20.2. The number of hydrogen-bond donors (Lipinski definition) is 3. The Morgan fingerprint density at radius 3 is 2.48 bits per heavy atom. The van der Waals surface area contributed by atoms with Gasteiger partial charge in [-0.2, -0.15) is 5.10 Å². The van der Waals surface area contributed by atoms with Crippen LogP contribution in [0.3, 0.4) is 0 Å². The predicted molar refractivity (Wildman–Crippen MR) is 113 cm³/mol. The van der Waals surface area contributed by atoms with E-state index in [1.54, 1.807) is 30.5 Å². The lowest BCUT2D eigenvalue weighted by Gasteiger charge is -2.11. The smallest absolute Gasteiger partial charge is 0.339 e. The van der Waals surface area contributed by atoms with Crippen molar-refractivity contribution in [2.24, 2.45) is 5.10 Å². The van der Waals surface area contributed by atoms with Gasteiger partial charge in [-0.3, -0.25) is 0 Å². The number of halogens is 1. The zero-order valence-electron chi connectivity index (χ0n) is 15.8. The molecule has 0 aliphatic carbocycles. The molecule has 0 unspecified atom stereocenters. The van der Waals surface area contributed by atoms with E-state index in [-0.39, 0.29) is 10.6 Å². The second-order valence-electron chi connectivity index (χ2n) is 6.32. The van der Waals surface area contributed by atoms with Crippen molar-refractivity contribution in [2.45, 2.75) is 13.8 Å². The number of nitrogens with one attached hydrogen (secondary N) is 2. The van der Waals surface area contributed by atoms with Gasteiger partial charge < -0.3 is 15.0 Å². The maximum absolute atomic E-state index is 11.9. The van der Waals surface area contributed by atoms with E-state index in [1.165, 1.54) is 6.07 Å². The fraction of sp³-hybridized carbons (Fsp3) is 0.0952. The highest BCUT2D eigenvalue weighted by atomic mass is 35.5. The quantitative estimate of drug-likeness (QED) is 0.423. The number of hydrazone groups is 1. The number of nitrogens with zero attached hydrogens (tertiary/aromatic N) is 2. The van der Waals surface area contributed by atoms with Gasteiger partial charge in [0.25, 0.3) is 0 Å². The molecule has 3 N–H and O–H groups in total. The van der Waals surface area contributed by atoms with Crippen LogP contribution in [0.1, 0.15) is 27.3 Å². The van der Waals surface area contributed by atoms with Crippen molar-refractivity contribution in [3.8, 4) is 5.69 Å². The van der Waals surface area contributed by atoms with E-state index in [9.17, 15) is 9.59 Å². The average molecular weight is 411 g/mol. The van der Waals surface area contributed by atoms with E-state index in [0.29, 0.717) is 5.69 Å². The molecule has 0 aliphatic heterocycles. The monoisotopic (exact) mass is 410 g/mol. The first-order valence-electron chi connectivity index (χ1n) is 8.74. The minimum Gasteiger partial charge on any atom is -0.478 e. The number of para-hydroxylation sites is 1. The molecule has 0 saturated heterocycles. The van der Waals surface area contributed by atoms with Crippen molar-refractivity contribution in [1.82, 2.24) is 9.99 Å². The first-order valence-corrected chi connectivity index (χ1v) is 9.12. The molecule has 2 amide bonds. The van der Waals surface area contributed by atoms with Gasteiger partial charge in [0.05, 0.1) is 16.8 Å². The van der Waals surface area contributed by atoms with Gasteiger partial charge in [0.1, 0.15) is 0 Å². The largest absolute Gasteiger partial charge is 0.478 e. The van der Waals surface area contributed by atoms with E-state index in [0.717, 1.165) is 22.6 Å². The number of carboxylic acids is 1. The van der Waals surface area contributed by atoms with Gasteiger partial charge >= 0.3 is 12.0 Å². The number of hydrogen-bond acceptors (Lipinski definition) is 3. The van der Waals surface area contributed by atoms with Crippen LogP contribution in [0, 0.1) is 13.8 Å². The summed E-state index contributed by atoms with van der Waals surface area (Å²) in [5.41, 5.74) is 6.48. The third kappa shape index (κ3) is 4.64. The fourth-order valence-electron chi connectivity index (χ4n) is 2.97. The summed E-state index contributed by atoms with van der Waals surface area (Å²) in [7, 11) is 0. The van der Waals surface area contributed by atoms with Gasteiger partial charge in [-0.1, -0.05) is 29.8 Å². The Bertz CT molecular complexity index is 1090. The lowest BCUT2D eigenvalue weighted by molar-refractivity contribution is 0.0697. The van der Waals surface area contributed by atoms with Crippen LogP contribution in [-0.4, -0.2) is 27.9 Å². The van der Waals surface area contributed by atoms with Crippen molar-refractivity contribution in [1.29, 1.82) is 0 Å². The zero-order valence-corrected chi connectivity index (χ0v) is 16.6. The Labute approximate surface area is 172 Å². The zero-order chi connectivity index (χ0) is 21.0. The molecule has 0 aliphatic rings. The van der Waals surface area contributed by atoms with Gasteiger partial charge in [0.15, 0.2) is 0 Å². The van der Waals surface area contributed by atoms with Crippen LogP contribution in [-0.2, 0) is 0 Å². The normalized spacial score (nSPS) is 10.9. The van der Waals surface area contributed by atoms with E-state index < -0.39 is 12.0 Å². The number of anilines is 1. The van der Waals surface area contributed by atoms with Crippen molar-refractivity contribution in [2.75, 3.05) is 5.32 Å². The molecule has 0 saturated carbocycles. The van der Waals surface area contributed by atoms with Crippen molar-refractivity contribution in [3.63, 3.8) is 0 Å². The van der Waals surface area contributed by atoms with Gasteiger partial charge in [0.2, 0.25) is 0 Å². The highest BCUT2D eigenvalue weighted by Gasteiger charge is 2.13. The Balaban J connectivity index is 1.75. The second kappa shape index (κ2) is 8.62. The number of amides is 2. The molecule has 2 aromatic carbocycles. The number of carbonyl (C=O) groups is 2. The molecule has 8 heteroatoms. The van der Waals surface area contributed by atoms with Gasteiger partial charge in [0, 0.05) is 28.3 Å². The van der Waals surface area contributed by atoms with Crippen LogP contribution in [0.4, 0.5) is 10.5 Å². The van der Waals surface area contributed by atoms with Crippen LogP contribution in [0.5, 0.6) is 0 Å². The summed E-state index contributed by atoms with van der Waals surface area (Å²) in [4.78, 5) is 23.0. The highest BCUT2D eigenvalue weighted by Crippen LogP contribution is 2.24. The van der Waals surface area contributed by atoms with Crippen LogP contribution >= 0.6 is 11.6 Å². The van der Waals surface area contributed by atoms with Crippen molar-refractivity contribution < 1.29 is 14.7 Å². The molecule has 148 valence electrons. The van der Waals surface area contributed by atoms with Crippen molar-refractivity contribution >= 4 is 35.5 Å². The maximum Gasteiger partial charge on any atom is 0.339 e. The van der Waals surface area contributed by atoms with E-state index in [1.807, 2.05) is 42.7 Å². The van der Waals surface area contributed by atoms with Crippen LogP contribution in [0.15, 0.2) is 59.7 Å². The number of aromatic nitrogens is 1. The number of rotatable bonds is 5. The Kier molecular flexibility index (Phi) is 5.99. The molecule has 0 atom stereocenters.